The second-order valence-electron chi connectivity index (χ2n) is 8.19. The molecule has 3 aliphatic rings. The van der Waals surface area contributed by atoms with Crippen LogP contribution >= 0.6 is 0 Å². The van der Waals surface area contributed by atoms with E-state index in [1.807, 2.05) is 13.0 Å². The van der Waals surface area contributed by atoms with Gasteiger partial charge in [0.15, 0.2) is 0 Å². The molecule has 3 aliphatic carbocycles. The molecule has 2 heteroatoms. The molecule has 5 atom stereocenters. The van der Waals surface area contributed by atoms with Crippen molar-refractivity contribution in [2.45, 2.75) is 63.9 Å². The number of phenols is 1. The maximum absolute atomic E-state index is 11.0. The molecule has 2 saturated carbocycles. The summed E-state index contributed by atoms with van der Waals surface area (Å²) in [5.41, 5.74) is 2.80. The van der Waals surface area contributed by atoms with Crippen LogP contribution in [0.1, 0.15) is 61.6 Å². The van der Waals surface area contributed by atoms with Gasteiger partial charge in [0.2, 0.25) is 0 Å². The van der Waals surface area contributed by atoms with Gasteiger partial charge in [-0.05, 0) is 86.0 Å². The van der Waals surface area contributed by atoms with Crippen LogP contribution in [0, 0.1) is 36.5 Å². The standard InChI is InChI=1S/C21H26O2/c1-4-21(23)12-10-18-17-6-5-14-13(2)19(22)8-7-15(14)16(17)9-11-20(18,21)3/h1,7-8,16-18,22-23H,5-6,9-12H2,2-3H3/t16-,17-,18+,20+,21+/m1/s1. The number of hydrogen-bond donors (Lipinski definition) is 2. The van der Waals surface area contributed by atoms with Gasteiger partial charge in [0.1, 0.15) is 11.4 Å². The Morgan fingerprint density at radius 1 is 1.22 bits per heavy atom. The summed E-state index contributed by atoms with van der Waals surface area (Å²) in [6, 6.07) is 4.00. The molecule has 0 saturated heterocycles. The van der Waals surface area contributed by atoms with Crippen molar-refractivity contribution in [2.24, 2.45) is 17.3 Å². The van der Waals surface area contributed by atoms with E-state index in [-0.39, 0.29) is 5.41 Å². The first-order valence-electron chi connectivity index (χ1n) is 8.93. The molecule has 0 heterocycles. The Balaban J connectivity index is 1.74. The molecule has 2 N–H and O–H groups in total. The molecule has 4 rings (SSSR count). The molecule has 2 nitrogen and oxygen atoms in total. The number of terminal acetylenes is 1. The average molecular weight is 310 g/mol. The zero-order chi connectivity index (χ0) is 16.4. The minimum atomic E-state index is -0.923. The van der Waals surface area contributed by atoms with Crippen LogP contribution in [0.5, 0.6) is 5.75 Å². The molecule has 0 aliphatic heterocycles. The Morgan fingerprint density at radius 3 is 2.74 bits per heavy atom. The molecule has 0 aromatic heterocycles. The van der Waals surface area contributed by atoms with Crippen molar-refractivity contribution < 1.29 is 10.2 Å². The monoisotopic (exact) mass is 310 g/mol. The van der Waals surface area contributed by atoms with Crippen LogP contribution in [0.3, 0.4) is 0 Å². The summed E-state index contributed by atoms with van der Waals surface area (Å²) in [5, 5.41) is 21.0. The number of rotatable bonds is 0. The minimum Gasteiger partial charge on any atom is -0.508 e. The minimum absolute atomic E-state index is 0.133. The van der Waals surface area contributed by atoms with Crippen LogP contribution in [0.25, 0.3) is 0 Å². The van der Waals surface area contributed by atoms with Crippen molar-refractivity contribution in [1.82, 2.24) is 0 Å². The van der Waals surface area contributed by atoms with Gasteiger partial charge < -0.3 is 10.2 Å². The van der Waals surface area contributed by atoms with E-state index in [2.05, 4.69) is 18.9 Å². The molecule has 0 spiro atoms. The summed E-state index contributed by atoms with van der Waals surface area (Å²) < 4.78 is 0. The number of phenolic OH excluding ortho intramolecular Hbond substituents is 1. The number of hydrogen-bond acceptors (Lipinski definition) is 2. The van der Waals surface area contributed by atoms with Gasteiger partial charge in [-0.1, -0.05) is 18.9 Å². The van der Waals surface area contributed by atoms with Gasteiger partial charge >= 0.3 is 0 Å². The van der Waals surface area contributed by atoms with Gasteiger partial charge in [-0.25, -0.2) is 0 Å². The molecular formula is C21H26O2. The topological polar surface area (TPSA) is 40.5 Å². The van der Waals surface area contributed by atoms with E-state index < -0.39 is 5.60 Å². The largest absolute Gasteiger partial charge is 0.508 e. The smallest absolute Gasteiger partial charge is 0.130 e. The third-order valence-corrected chi connectivity index (χ3v) is 7.56. The van der Waals surface area contributed by atoms with Crippen LogP contribution in [-0.2, 0) is 6.42 Å². The number of fused-ring (bicyclic) bond motifs is 5. The second-order valence-corrected chi connectivity index (χ2v) is 8.19. The van der Waals surface area contributed by atoms with E-state index in [4.69, 9.17) is 6.42 Å². The molecule has 0 radical (unpaired) electrons. The molecule has 122 valence electrons. The Bertz CT molecular complexity index is 701. The summed E-state index contributed by atoms with van der Waals surface area (Å²) in [7, 11) is 0. The van der Waals surface area contributed by atoms with Crippen molar-refractivity contribution in [3.8, 4) is 18.1 Å². The van der Waals surface area contributed by atoms with E-state index in [1.165, 1.54) is 11.1 Å². The summed E-state index contributed by atoms with van der Waals surface area (Å²) >= 11 is 0. The highest BCUT2D eigenvalue weighted by atomic mass is 16.3. The van der Waals surface area contributed by atoms with Crippen molar-refractivity contribution in [2.75, 3.05) is 0 Å². The summed E-state index contributed by atoms with van der Waals surface area (Å²) in [5.74, 6) is 4.86. The quantitative estimate of drug-likeness (QED) is 0.713. The van der Waals surface area contributed by atoms with Crippen LogP contribution in [0.2, 0.25) is 0 Å². The summed E-state index contributed by atoms with van der Waals surface area (Å²) in [4.78, 5) is 0. The van der Waals surface area contributed by atoms with E-state index in [0.717, 1.165) is 44.1 Å². The Morgan fingerprint density at radius 2 is 2.00 bits per heavy atom. The first-order chi connectivity index (χ1) is 10.9. The van der Waals surface area contributed by atoms with E-state index in [9.17, 15) is 10.2 Å². The van der Waals surface area contributed by atoms with Crippen molar-refractivity contribution >= 4 is 0 Å². The first kappa shape index (κ1) is 15.1. The molecule has 23 heavy (non-hydrogen) atoms. The highest BCUT2D eigenvalue weighted by molar-refractivity contribution is 5.47. The van der Waals surface area contributed by atoms with Gasteiger partial charge in [0.25, 0.3) is 0 Å². The normalized spacial score (nSPS) is 41.6. The third-order valence-electron chi connectivity index (χ3n) is 7.56. The Labute approximate surface area is 138 Å². The highest BCUT2D eigenvalue weighted by Gasteiger charge is 2.61. The van der Waals surface area contributed by atoms with E-state index >= 15 is 0 Å². The summed E-state index contributed by atoms with van der Waals surface area (Å²) in [6.45, 7) is 4.26. The second kappa shape index (κ2) is 4.77. The lowest BCUT2D eigenvalue weighted by molar-refractivity contribution is -0.0647. The average Bonchev–Trinajstić information content (AvgIpc) is 2.83. The van der Waals surface area contributed by atoms with Crippen molar-refractivity contribution in [1.29, 1.82) is 0 Å². The molecule has 1 aromatic carbocycles. The van der Waals surface area contributed by atoms with E-state index in [1.54, 1.807) is 0 Å². The van der Waals surface area contributed by atoms with Gasteiger partial charge in [-0.2, -0.15) is 0 Å². The molecule has 0 amide bonds. The fraction of sp³-hybridized carbons (Fsp3) is 0.619. The van der Waals surface area contributed by atoms with Crippen molar-refractivity contribution in [3.63, 3.8) is 0 Å². The zero-order valence-corrected chi connectivity index (χ0v) is 14.1. The molecular weight excluding hydrogens is 284 g/mol. The fourth-order valence-corrected chi connectivity index (χ4v) is 6.08. The number of aliphatic hydroxyl groups is 1. The Hall–Kier alpha value is -1.46. The van der Waals surface area contributed by atoms with Gasteiger partial charge in [0, 0.05) is 5.41 Å². The van der Waals surface area contributed by atoms with Gasteiger partial charge in [0.05, 0.1) is 0 Å². The van der Waals surface area contributed by atoms with Gasteiger partial charge in [-0.3, -0.25) is 0 Å². The van der Waals surface area contributed by atoms with Gasteiger partial charge in [-0.15, -0.1) is 6.42 Å². The maximum atomic E-state index is 11.0. The fourth-order valence-electron chi connectivity index (χ4n) is 6.08. The molecule has 2 fully saturated rings. The lowest BCUT2D eigenvalue weighted by Gasteiger charge is -2.52. The molecule has 0 unspecified atom stereocenters. The van der Waals surface area contributed by atoms with Crippen LogP contribution in [0.4, 0.5) is 0 Å². The first-order valence-corrected chi connectivity index (χ1v) is 8.93. The lowest BCUT2D eigenvalue weighted by Crippen LogP contribution is -2.50. The van der Waals surface area contributed by atoms with Crippen LogP contribution < -0.4 is 0 Å². The zero-order valence-electron chi connectivity index (χ0n) is 14.1. The van der Waals surface area contributed by atoms with Crippen LogP contribution in [-0.4, -0.2) is 15.8 Å². The third kappa shape index (κ3) is 1.81. The molecule has 0 bridgehead atoms. The van der Waals surface area contributed by atoms with Crippen molar-refractivity contribution in [3.05, 3.63) is 28.8 Å². The summed E-state index contributed by atoms with van der Waals surface area (Å²) in [6.07, 6.45) is 11.8. The van der Waals surface area contributed by atoms with E-state index in [0.29, 0.717) is 23.5 Å². The number of aromatic hydroxyl groups is 1. The Kier molecular flexibility index (Phi) is 3.13. The SMILES string of the molecule is C#C[C@]1(O)CC[C@H]2[C@@H]3CCc4c(ccc(O)c4C)[C@H]3CC[C@@]21C. The lowest BCUT2D eigenvalue weighted by atomic mass is 9.53. The highest BCUT2D eigenvalue weighted by Crippen LogP contribution is 2.64. The maximum Gasteiger partial charge on any atom is 0.130 e. The van der Waals surface area contributed by atoms with Crippen LogP contribution in [0.15, 0.2) is 12.1 Å². The molecule has 1 aromatic rings. The predicted molar refractivity (Wildman–Crippen MR) is 91.2 cm³/mol. The predicted octanol–water partition coefficient (Wildman–Crippen LogP) is 3.92. The number of benzene rings is 1.